The van der Waals surface area contributed by atoms with Gasteiger partial charge in [-0.25, -0.2) is 0 Å². The Balaban J connectivity index is 0.00000374. The maximum atomic E-state index is 16.1. The Hall–Kier alpha value is -8.05. The van der Waals surface area contributed by atoms with Crippen molar-refractivity contribution >= 4 is 90.7 Å². The first-order valence-corrected chi connectivity index (χ1v) is 22.5. The van der Waals surface area contributed by atoms with Gasteiger partial charge in [0.2, 0.25) is 5.41 Å². The number of hydrogen-bond acceptors (Lipinski definition) is 8. The molecule has 0 saturated heterocycles. The molecule has 0 unspecified atom stereocenters. The van der Waals surface area contributed by atoms with Crippen molar-refractivity contribution in [1.29, 1.82) is 0 Å². The Kier molecular flexibility index (Phi) is 15.2. The number of phenolic OH excluding ortho intramolecular Hbond substituents is 4. The third-order valence-corrected chi connectivity index (χ3v) is 12.8. The number of hydrogen-bond donors (Lipinski definition) is 4. The molecule has 0 heterocycles. The molecule has 0 aliphatic carbocycles. The van der Waals surface area contributed by atoms with Gasteiger partial charge in [0.15, 0.2) is 0 Å². The van der Waals surface area contributed by atoms with E-state index in [1.54, 1.807) is 133 Å². The normalized spacial score (nSPS) is 12.5. The summed E-state index contributed by atoms with van der Waals surface area (Å²) in [6.07, 6.45) is -7.48. The number of rotatable bonds is 10. The quantitative estimate of drug-likeness (QED) is 0.0617. The number of aliphatic imine (C=N–C) groups is 4. The predicted molar refractivity (Wildman–Crippen MR) is 277 cm³/mol. The zero-order chi connectivity index (χ0) is 51.1. The van der Waals surface area contributed by atoms with Gasteiger partial charge in [-0.3, -0.25) is 20.0 Å². The average molecular weight is 1110 g/mol. The monoisotopic (exact) mass is 1110 g/mol. The van der Waals surface area contributed by atoms with Crippen molar-refractivity contribution in [2.75, 3.05) is 0 Å². The standard InChI is InChI=1S/C59H38F6N4O4.2Zn/c60-58(61,62)57(59(63,64)65,43-25-27-49(66-31-39-21-17-35-9-1-5-13-45(35)53(39)70)51(29-43)68-33-41-23-19-37-11-3-7-15-47(37)55(41)72)44-26-28-50(67-32-40-22-18-36-10-2-6-14-46(36)54(40)71)52(30-44)69-34-42-24-20-38-12-4-8-16-48(38)56(42)73;;/h1-34,70-73H;;. The molecule has 0 aliphatic heterocycles. The van der Waals surface area contributed by atoms with Gasteiger partial charge in [0.05, 0.1) is 22.7 Å². The molecule has 0 bridgehead atoms. The molecular formula is C59H38F6N4O4Zn2. The molecule has 4 N–H and O–H groups in total. The molecular weight excluding hydrogens is 1070 g/mol. The maximum absolute atomic E-state index is 16.1. The van der Waals surface area contributed by atoms with Gasteiger partial charge >= 0.3 is 12.4 Å². The van der Waals surface area contributed by atoms with Crippen LogP contribution in [0.25, 0.3) is 43.1 Å². The van der Waals surface area contributed by atoms with E-state index < -0.39 is 40.3 Å². The van der Waals surface area contributed by atoms with E-state index in [9.17, 15) is 20.4 Å². The molecule has 0 atom stereocenters. The molecule has 0 radical (unpaired) electrons. The van der Waals surface area contributed by atoms with Crippen molar-refractivity contribution in [3.8, 4) is 23.0 Å². The van der Waals surface area contributed by atoms with E-state index >= 15 is 26.3 Å². The molecule has 0 amide bonds. The first kappa shape index (κ1) is 53.2. The molecule has 10 aromatic carbocycles. The second kappa shape index (κ2) is 21.4. The summed E-state index contributed by atoms with van der Waals surface area (Å²) >= 11 is 0. The summed E-state index contributed by atoms with van der Waals surface area (Å²) in [4.78, 5) is 17.6. The average Bonchev–Trinajstić information content (AvgIpc) is 3.38. The molecule has 10 aromatic rings. The van der Waals surface area contributed by atoms with Crippen LogP contribution in [0.5, 0.6) is 23.0 Å². The summed E-state index contributed by atoms with van der Waals surface area (Å²) in [5, 5.41) is 49.2. The van der Waals surface area contributed by atoms with Crippen molar-refractivity contribution < 1.29 is 85.7 Å². The zero-order valence-electron chi connectivity index (χ0n) is 39.4. The fourth-order valence-corrected chi connectivity index (χ4v) is 8.98. The van der Waals surface area contributed by atoms with Crippen LogP contribution >= 0.6 is 0 Å². The number of aromatic hydroxyl groups is 4. The molecule has 10 rings (SSSR count). The third-order valence-electron chi connectivity index (χ3n) is 12.8. The minimum atomic E-state index is -6.08. The summed E-state index contributed by atoms with van der Waals surface area (Å²) in [5.74, 6) is -0.775. The largest absolute Gasteiger partial charge is 0.507 e. The summed E-state index contributed by atoms with van der Waals surface area (Å²) in [6, 6.07) is 45.1. The van der Waals surface area contributed by atoms with E-state index in [4.69, 9.17) is 0 Å². The van der Waals surface area contributed by atoms with Crippen LogP contribution in [-0.4, -0.2) is 57.6 Å². The SMILES string of the molecule is Oc1c(C=Nc2ccc(C(c3ccc(N=Cc4ccc5ccccc5c4O)c(N=Cc4ccc5ccccc5c4O)c3)(C(F)(F)F)C(F)(F)F)cc2N=Cc2ccc3ccccc3c2O)ccc2ccccc12.[Zn].[Zn]. The van der Waals surface area contributed by atoms with Gasteiger partial charge in [0, 0.05) is 108 Å². The molecule has 0 fully saturated rings. The minimum Gasteiger partial charge on any atom is -0.507 e. The van der Waals surface area contributed by atoms with E-state index in [-0.39, 0.29) is 95.6 Å². The summed E-state index contributed by atoms with van der Waals surface area (Å²) in [5.41, 5.74) is -7.93. The van der Waals surface area contributed by atoms with Crippen LogP contribution in [0.1, 0.15) is 33.4 Å². The van der Waals surface area contributed by atoms with Crippen molar-refractivity contribution in [2.45, 2.75) is 17.8 Å². The molecule has 364 valence electrons. The first-order chi connectivity index (χ1) is 35.1. The Morgan fingerprint density at radius 3 is 0.827 bits per heavy atom. The van der Waals surface area contributed by atoms with Gasteiger partial charge in [-0.1, -0.05) is 133 Å². The van der Waals surface area contributed by atoms with Crippen LogP contribution in [0, 0.1) is 0 Å². The van der Waals surface area contributed by atoms with Crippen LogP contribution in [0.2, 0.25) is 0 Å². The number of nitrogens with zero attached hydrogens (tertiary/aromatic N) is 4. The van der Waals surface area contributed by atoms with Gasteiger partial charge in [0.25, 0.3) is 0 Å². The summed E-state index contributed by atoms with van der Waals surface area (Å²) in [7, 11) is 0. The first-order valence-electron chi connectivity index (χ1n) is 22.5. The molecule has 0 aliphatic rings. The number of fused-ring (bicyclic) bond motifs is 4. The van der Waals surface area contributed by atoms with Crippen LogP contribution < -0.4 is 0 Å². The fourth-order valence-electron chi connectivity index (χ4n) is 8.98. The van der Waals surface area contributed by atoms with Gasteiger partial charge in [-0.05, 0) is 81.2 Å². The van der Waals surface area contributed by atoms with E-state index in [1.165, 1.54) is 24.6 Å². The van der Waals surface area contributed by atoms with E-state index in [1.807, 2.05) is 0 Å². The van der Waals surface area contributed by atoms with Crippen LogP contribution in [0.4, 0.5) is 49.1 Å². The third kappa shape index (κ3) is 10.0. The Labute approximate surface area is 450 Å². The molecule has 0 aromatic heterocycles. The second-order valence-corrected chi connectivity index (χ2v) is 17.1. The molecule has 0 spiro atoms. The number of halogens is 6. The Morgan fingerprint density at radius 1 is 0.307 bits per heavy atom. The molecule has 75 heavy (non-hydrogen) atoms. The van der Waals surface area contributed by atoms with Crippen LogP contribution in [-0.2, 0) is 44.4 Å². The Bertz CT molecular complexity index is 3680. The van der Waals surface area contributed by atoms with Crippen molar-refractivity contribution in [3.05, 3.63) is 215 Å². The van der Waals surface area contributed by atoms with Crippen LogP contribution in [0.3, 0.4) is 0 Å². The van der Waals surface area contributed by atoms with Crippen LogP contribution in [0.15, 0.2) is 202 Å². The zero-order valence-corrected chi connectivity index (χ0v) is 45.3. The number of phenols is 4. The van der Waals surface area contributed by atoms with E-state index in [0.29, 0.717) is 67.4 Å². The maximum Gasteiger partial charge on any atom is 0.411 e. The van der Waals surface area contributed by atoms with Crippen molar-refractivity contribution in [3.63, 3.8) is 0 Å². The van der Waals surface area contributed by atoms with Gasteiger partial charge in [0.1, 0.15) is 23.0 Å². The van der Waals surface area contributed by atoms with Gasteiger partial charge in [-0.2, -0.15) is 26.3 Å². The van der Waals surface area contributed by atoms with Gasteiger partial charge < -0.3 is 20.4 Å². The second-order valence-electron chi connectivity index (χ2n) is 17.1. The predicted octanol–water partition coefficient (Wildman–Crippen LogP) is 15.5. The summed E-state index contributed by atoms with van der Waals surface area (Å²) in [6.45, 7) is 0. The van der Waals surface area contributed by atoms with Gasteiger partial charge in [-0.15, -0.1) is 0 Å². The fraction of sp³-hybridized carbons (Fsp3) is 0.0508. The van der Waals surface area contributed by atoms with Crippen molar-refractivity contribution in [2.24, 2.45) is 20.0 Å². The van der Waals surface area contributed by atoms with E-state index in [2.05, 4.69) is 20.0 Å². The summed E-state index contributed by atoms with van der Waals surface area (Å²) < 4.78 is 96.7. The number of alkyl halides is 6. The topological polar surface area (TPSA) is 130 Å². The molecule has 8 nitrogen and oxygen atoms in total. The van der Waals surface area contributed by atoms with Crippen molar-refractivity contribution in [1.82, 2.24) is 0 Å². The smallest absolute Gasteiger partial charge is 0.411 e. The number of benzene rings is 10. The molecule has 16 heteroatoms. The molecule has 0 saturated carbocycles. The Morgan fingerprint density at radius 2 is 0.560 bits per heavy atom. The van der Waals surface area contributed by atoms with E-state index in [0.717, 1.165) is 24.6 Å². The minimum absolute atomic E-state index is 0.